The van der Waals surface area contributed by atoms with Crippen LogP contribution in [0.25, 0.3) is 0 Å². The van der Waals surface area contributed by atoms with E-state index in [-0.39, 0.29) is 24.9 Å². The summed E-state index contributed by atoms with van der Waals surface area (Å²) in [6.07, 6.45) is -0.882. The van der Waals surface area contributed by atoms with Crippen molar-refractivity contribution in [1.29, 1.82) is 0 Å². The van der Waals surface area contributed by atoms with Gasteiger partial charge in [0, 0.05) is 6.54 Å². The summed E-state index contributed by atoms with van der Waals surface area (Å²) in [5.74, 6) is -1.48. The Hall–Kier alpha value is -2.57. The summed E-state index contributed by atoms with van der Waals surface area (Å²) in [6.45, 7) is -0.0749. The molecule has 1 aromatic carbocycles. The van der Waals surface area contributed by atoms with Crippen molar-refractivity contribution < 1.29 is 24.6 Å². The zero-order valence-corrected chi connectivity index (χ0v) is 11.7. The van der Waals surface area contributed by atoms with Gasteiger partial charge in [-0.15, -0.1) is 0 Å². The van der Waals surface area contributed by atoms with Gasteiger partial charge < -0.3 is 15.5 Å². The average Bonchev–Trinajstić information content (AvgIpc) is 3.03. The Bertz CT molecular complexity index is 608. The van der Waals surface area contributed by atoms with Crippen molar-refractivity contribution >= 4 is 18.0 Å². The molecule has 2 aliphatic rings. The molecule has 0 aliphatic carbocycles. The maximum Gasteiger partial charge on any atom is 0.408 e. The quantitative estimate of drug-likeness (QED) is 0.757. The number of carboxylic acids is 1. The minimum absolute atomic E-state index is 0.0177. The lowest BCUT2D eigenvalue weighted by Crippen LogP contribution is -2.40. The smallest absolute Gasteiger partial charge is 0.408 e. The number of benzene rings is 1. The van der Waals surface area contributed by atoms with Crippen LogP contribution in [0.5, 0.6) is 0 Å². The van der Waals surface area contributed by atoms with Gasteiger partial charge in [0.2, 0.25) is 5.91 Å². The van der Waals surface area contributed by atoms with Gasteiger partial charge in [-0.05, 0) is 18.4 Å². The number of nitrogens with zero attached hydrogens (tertiary/aromatic N) is 1. The summed E-state index contributed by atoms with van der Waals surface area (Å²) in [4.78, 5) is 35.8. The normalized spacial score (nSPS) is 30.5. The summed E-state index contributed by atoms with van der Waals surface area (Å²) in [5, 5.41) is 21.3. The fraction of sp³-hybridized carbons (Fsp3) is 0.400. The molecule has 3 rings (SSSR count). The van der Waals surface area contributed by atoms with Crippen LogP contribution in [0.1, 0.15) is 24.4 Å². The number of carbonyl (C=O) groups is 3. The molecule has 1 spiro atoms. The van der Waals surface area contributed by atoms with Gasteiger partial charge in [0.1, 0.15) is 6.04 Å². The van der Waals surface area contributed by atoms with Gasteiger partial charge in [0.05, 0.1) is 11.5 Å². The van der Waals surface area contributed by atoms with Gasteiger partial charge in [-0.25, -0.2) is 9.59 Å². The lowest BCUT2D eigenvalue weighted by Gasteiger charge is -2.19. The molecule has 2 amide bonds. The summed E-state index contributed by atoms with van der Waals surface area (Å²) in [6, 6.07) is 8.01. The number of amides is 2. The van der Waals surface area contributed by atoms with E-state index >= 15 is 0 Å². The lowest BCUT2D eigenvalue weighted by molar-refractivity contribution is -0.141. The van der Waals surface area contributed by atoms with Gasteiger partial charge in [-0.2, -0.15) is 0 Å². The van der Waals surface area contributed by atoms with Crippen molar-refractivity contribution in [2.45, 2.75) is 24.9 Å². The van der Waals surface area contributed by atoms with Crippen LogP contribution in [0, 0.1) is 5.41 Å². The second-order valence-corrected chi connectivity index (χ2v) is 5.89. The minimum Gasteiger partial charge on any atom is -0.480 e. The third-order valence-electron chi connectivity index (χ3n) is 4.55. The second-order valence-electron chi connectivity index (χ2n) is 5.89. The first-order valence-electron chi connectivity index (χ1n) is 7.01. The first-order chi connectivity index (χ1) is 10.4. The highest BCUT2D eigenvalue weighted by Crippen LogP contribution is 2.46. The summed E-state index contributed by atoms with van der Waals surface area (Å²) >= 11 is 0. The van der Waals surface area contributed by atoms with Crippen molar-refractivity contribution in [2.75, 3.05) is 6.54 Å². The highest BCUT2D eigenvalue weighted by atomic mass is 16.4. The van der Waals surface area contributed by atoms with Crippen molar-refractivity contribution in [3.8, 4) is 0 Å². The number of likely N-dealkylation sites (tertiary alicyclic amines) is 1. The predicted octanol–water partition coefficient (Wildman–Crippen LogP) is 1.07. The fourth-order valence-electron chi connectivity index (χ4n) is 3.45. The molecule has 7 nitrogen and oxygen atoms in total. The molecular formula is C15H16N2O5. The zero-order chi connectivity index (χ0) is 15.9. The maximum absolute atomic E-state index is 12.4. The summed E-state index contributed by atoms with van der Waals surface area (Å²) < 4.78 is 0. The molecule has 2 heterocycles. The number of aliphatic carboxylic acids is 1. The Balaban J connectivity index is 1.87. The van der Waals surface area contributed by atoms with E-state index < -0.39 is 23.5 Å². The molecule has 116 valence electrons. The Kier molecular flexibility index (Phi) is 3.27. The molecular weight excluding hydrogens is 288 g/mol. The number of hydrogen-bond donors (Lipinski definition) is 3. The summed E-state index contributed by atoms with van der Waals surface area (Å²) in [7, 11) is 0. The Morgan fingerprint density at radius 2 is 1.86 bits per heavy atom. The van der Waals surface area contributed by atoms with Crippen LogP contribution in [0.2, 0.25) is 0 Å². The monoisotopic (exact) mass is 304 g/mol. The first-order valence-corrected chi connectivity index (χ1v) is 7.01. The van der Waals surface area contributed by atoms with Crippen LogP contribution in [0.3, 0.4) is 0 Å². The molecule has 0 aromatic heterocycles. The lowest BCUT2D eigenvalue weighted by atomic mass is 9.81. The van der Waals surface area contributed by atoms with E-state index in [1.807, 2.05) is 30.3 Å². The van der Waals surface area contributed by atoms with Crippen LogP contribution >= 0.6 is 0 Å². The maximum atomic E-state index is 12.4. The average molecular weight is 304 g/mol. The third-order valence-corrected chi connectivity index (χ3v) is 4.55. The molecule has 0 radical (unpaired) electrons. The Morgan fingerprint density at radius 1 is 1.18 bits per heavy atom. The largest absolute Gasteiger partial charge is 0.480 e. The first kappa shape index (κ1) is 14.4. The molecule has 7 heteroatoms. The number of carboxylic acid groups (broad SMARTS) is 2. The van der Waals surface area contributed by atoms with E-state index in [1.165, 1.54) is 0 Å². The van der Waals surface area contributed by atoms with Crippen molar-refractivity contribution in [2.24, 2.45) is 5.41 Å². The number of hydrogen-bond acceptors (Lipinski definition) is 3. The summed E-state index contributed by atoms with van der Waals surface area (Å²) in [5.41, 5.74) is -0.0181. The van der Waals surface area contributed by atoms with E-state index in [0.29, 0.717) is 6.42 Å². The molecule has 1 unspecified atom stereocenters. The molecule has 3 atom stereocenters. The van der Waals surface area contributed by atoms with Gasteiger partial charge in [-0.3, -0.25) is 9.69 Å². The molecule has 1 aromatic rings. The molecule has 2 fully saturated rings. The van der Waals surface area contributed by atoms with Crippen LogP contribution in [0.15, 0.2) is 30.3 Å². The standard InChI is InChI=1S/C15H16N2O5/c18-12(19)11-7-15(8-17(11)14(21)22)6-10(16-13(15)20)9-4-2-1-3-5-9/h1-5,10-11H,6-8H2,(H,16,20)(H,18,19)(H,21,22)/t10?,11-,15-/m0/s1. The number of nitrogens with one attached hydrogen (secondary N) is 1. The predicted molar refractivity (Wildman–Crippen MR) is 75.1 cm³/mol. The third kappa shape index (κ3) is 2.18. The SMILES string of the molecule is O=C(O)[C@@H]1C[C@@]2(CC(c3ccccc3)NC2=O)CN1C(=O)O. The second kappa shape index (κ2) is 5.01. The van der Waals surface area contributed by atoms with Crippen molar-refractivity contribution in [3.05, 3.63) is 35.9 Å². The van der Waals surface area contributed by atoms with Gasteiger partial charge in [-0.1, -0.05) is 30.3 Å². The molecule has 3 N–H and O–H groups in total. The van der Waals surface area contributed by atoms with Crippen molar-refractivity contribution in [1.82, 2.24) is 10.2 Å². The zero-order valence-electron chi connectivity index (χ0n) is 11.7. The highest BCUT2D eigenvalue weighted by Gasteiger charge is 2.57. The Morgan fingerprint density at radius 3 is 2.41 bits per heavy atom. The van der Waals surface area contributed by atoms with E-state index in [0.717, 1.165) is 10.5 Å². The fourth-order valence-corrected chi connectivity index (χ4v) is 3.45. The number of rotatable bonds is 2. The molecule has 0 saturated carbocycles. The molecule has 2 aliphatic heterocycles. The van der Waals surface area contributed by atoms with Crippen molar-refractivity contribution in [3.63, 3.8) is 0 Å². The highest BCUT2D eigenvalue weighted by molar-refractivity contribution is 5.90. The van der Waals surface area contributed by atoms with Crippen LogP contribution in [-0.2, 0) is 9.59 Å². The number of carbonyl (C=O) groups excluding carboxylic acids is 1. The van der Waals surface area contributed by atoms with Crippen LogP contribution < -0.4 is 5.32 Å². The van der Waals surface area contributed by atoms with E-state index in [1.54, 1.807) is 0 Å². The van der Waals surface area contributed by atoms with E-state index in [2.05, 4.69) is 5.32 Å². The van der Waals surface area contributed by atoms with Gasteiger partial charge in [0.15, 0.2) is 0 Å². The Labute approximate surface area is 126 Å². The molecule has 2 saturated heterocycles. The van der Waals surface area contributed by atoms with Gasteiger partial charge >= 0.3 is 12.1 Å². The minimum atomic E-state index is -1.31. The van der Waals surface area contributed by atoms with Crippen LogP contribution in [-0.4, -0.2) is 45.7 Å². The van der Waals surface area contributed by atoms with Crippen LogP contribution in [0.4, 0.5) is 4.79 Å². The van der Waals surface area contributed by atoms with Gasteiger partial charge in [0.25, 0.3) is 0 Å². The molecule has 0 bridgehead atoms. The topological polar surface area (TPSA) is 107 Å². The van der Waals surface area contributed by atoms with E-state index in [9.17, 15) is 24.6 Å². The molecule has 22 heavy (non-hydrogen) atoms. The van der Waals surface area contributed by atoms with E-state index in [4.69, 9.17) is 0 Å².